The first-order valence-electron chi connectivity index (χ1n) is 7.67. The SMILES string of the molecule is COC(=O)N1C=CN(C(=O)OC)[C@@H]2[C@H]1OC(=O)C21CCCCC1. The molecule has 0 bridgehead atoms. The van der Waals surface area contributed by atoms with Gasteiger partial charge in [0.2, 0.25) is 6.23 Å². The van der Waals surface area contributed by atoms with Crippen molar-refractivity contribution in [1.29, 1.82) is 0 Å². The van der Waals surface area contributed by atoms with Crippen molar-refractivity contribution in [3.8, 4) is 0 Å². The Morgan fingerprint density at radius 2 is 1.65 bits per heavy atom. The van der Waals surface area contributed by atoms with Crippen molar-refractivity contribution in [1.82, 2.24) is 9.80 Å². The predicted octanol–water partition coefficient (Wildman–Crippen LogP) is 1.81. The third-order valence-corrected chi connectivity index (χ3v) is 4.95. The van der Waals surface area contributed by atoms with Crippen LogP contribution in [0.3, 0.4) is 0 Å². The molecule has 3 aliphatic rings. The molecule has 2 heterocycles. The van der Waals surface area contributed by atoms with Crippen molar-refractivity contribution in [2.75, 3.05) is 14.2 Å². The van der Waals surface area contributed by atoms with Gasteiger partial charge < -0.3 is 14.2 Å². The van der Waals surface area contributed by atoms with Crippen LogP contribution in [0.5, 0.6) is 0 Å². The van der Waals surface area contributed by atoms with Gasteiger partial charge in [0.05, 0.1) is 19.6 Å². The van der Waals surface area contributed by atoms with Crippen LogP contribution in [0.4, 0.5) is 9.59 Å². The van der Waals surface area contributed by atoms with Crippen molar-refractivity contribution in [3.05, 3.63) is 12.4 Å². The molecule has 0 aromatic rings. The number of amides is 2. The van der Waals surface area contributed by atoms with E-state index in [0.717, 1.165) is 19.3 Å². The van der Waals surface area contributed by atoms with Crippen LogP contribution in [0, 0.1) is 5.41 Å². The average Bonchev–Trinajstić information content (AvgIpc) is 2.86. The van der Waals surface area contributed by atoms with Gasteiger partial charge in [0.25, 0.3) is 0 Å². The van der Waals surface area contributed by atoms with Gasteiger partial charge in [0, 0.05) is 12.4 Å². The molecule has 0 aromatic carbocycles. The maximum absolute atomic E-state index is 12.6. The van der Waals surface area contributed by atoms with Crippen LogP contribution in [-0.4, -0.2) is 54.4 Å². The molecule has 0 unspecified atom stereocenters. The van der Waals surface area contributed by atoms with Gasteiger partial charge in [-0.15, -0.1) is 0 Å². The lowest BCUT2D eigenvalue weighted by Gasteiger charge is -2.43. The summed E-state index contributed by atoms with van der Waals surface area (Å²) in [5.74, 6) is -0.362. The summed E-state index contributed by atoms with van der Waals surface area (Å²) in [6.07, 6.45) is 4.78. The van der Waals surface area contributed by atoms with Gasteiger partial charge in [-0.25, -0.2) is 14.5 Å². The zero-order chi connectivity index (χ0) is 16.6. The van der Waals surface area contributed by atoms with E-state index in [2.05, 4.69) is 0 Å². The van der Waals surface area contributed by atoms with E-state index in [-0.39, 0.29) is 5.97 Å². The first-order valence-corrected chi connectivity index (χ1v) is 7.67. The monoisotopic (exact) mass is 324 g/mol. The van der Waals surface area contributed by atoms with E-state index in [1.54, 1.807) is 0 Å². The van der Waals surface area contributed by atoms with Crippen LogP contribution < -0.4 is 0 Å². The second kappa shape index (κ2) is 5.75. The first kappa shape index (κ1) is 15.6. The Bertz CT molecular complexity index is 554. The zero-order valence-corrected chi connectivity index (χ0v) is 13.2. The highest BCUT2D eigenvalue weighted by Crippen LogP contribution is 2.50. The number of carbonyl (C=O) groups excluding carboxylic acids is 3. The summed E-state index contributed by atoms with van der Waals surface area (Å²) < 4.78 is 15.1. The molecule has 2 aliphatic heterocycles. The Hall–Kier alpha value is -2.25. The van der Waals surface area contributed by atoms with Crippen molar-refractivity contribution < 1.29 is 28.6 Å². The van der Waals surface area contributed by atoms with E-state index in [4.69, 9.17) is 14.2 Å². The Morgan fingerprint density at radius 1 is 1.09 bits per heavy atom. The van der Waals surface area contributed by atoms with Crippen molar-refractivity contribution in [3.63, 3.8) is 0 Å². The van der Waals surface area contributed by atoms with E-state index in [9.17, 15) is 14.4 Å². The Kier molecular flexibility index (Phi) is 3.91. The third-order valence-electron chi connectivity index (χ3n) is 4.95. The second-order valence-corrected chi connectivity index (χ2v) is 6.01. The van der Waals surface area contributed by atoms with Gasteiger partial charge in [-0.1, -0.05) is 19.3 Å². The molecular formula is C15H20N2O6. The standard InChI is InChI=1S/C15H20N2O6/c1-21-13(19)16-8-9-17(14(20)22-2)11-10(16)15(12(18)23-11)6-4-3-5-7-15/h8-11H,3-7H2,1-2H3/t10-,11-/m1/s1. The molecule has 1 saturated carbocycles. The Morgan fingerprint density at radius 3 is 2.26 bits per heavy atom. The quantitative estimate of drug-likeness (QED) is 0.499. The number of hydrogen-bond donors (Lipinski definition) is 0. The predicted molar refractivity (Wildman–Crippen MR) is 76.8 cm³/mol. The molecule has 0 radical (unpaired) electrons. The number of esters is 1. The normalized spacial score (nSPS) is 28.3. The van der Waals surface area contributed by atoms with Crippen molar-refractivity contribution in [2.45, 2.75) is 44.4 Å². The molecule has 2 fully saturated rings. The Labute approximate surface area is 133 Å². The molecule has 2 amide bonds. The first-order chi connectivity index (χ1) is 11.0. The summed E-state index contributed by atoms with van der Waals surface area (Å²) in [5, 5.41) is 0. The molecule has 0 aromatic heterocycles. The minimum atomic E-state index is -0.892. The summed E-state index contributed by atoms with van der Waals surface area (Å²) in [6, 6.07) is -0.605. The fourth-order valence-corrected chi connectivity index (χ4v) is 3.85. The zero-order valence-electron chi connectivity index (χ0n) is 13.2. The molecule has 3 rings (SSSR count). The van der Waals surface area contributed by atoms with Crippen molar-refractivity contribution in [2.24, 2.45) is 5.41 Å². The molecule has 1 aliphatic carbocycles. The number of fused-ring (bicyclic) bond motifs is 2. The maximum Gasteiger partial charge on any atom is 0.416 e. The number of hydrogen-bond acceptors (Lipinski definition) is 6. The fraction of sp³-hybridized carbons (Fsp3) is 0.667. The minimum absolute atomic E-state index is 0.362. The topological polar surface area (TPSA) is 85.4 Å². The second-order valence-electron chi connectivity index (χ2n) is 6.01. The van der Waals surface area contributed by atoms with E-state index in [1.165, 1.54) is 36.4 Å². The Balaban J connectivity index is 2.03. The molecule has 1 saturated heterocycles. The van der Waals surface area contributed by atoms with Crippen molar-refractivity contribution >= 4 is 18.2 Å². The molecule has 23 heavy (non-hydrogen) atoms. The largest absolute Gasteiger partial charge is 0.452 e. The maximum atomic E-state index is 12.6. The van der Waals surface area contributed by atoms with E-state index >= 15 is 0 Å². The molecule has 0 N–H and O–H groups in total. The van der Waals surface area contributed by atoms with Crippen LogP contribution in [0.15, 0.2) is 12.4 Å². The summed E-state index contributed by atoms with van der Waals surface area (Å²) in [5.41, 5.74) is -0.797. The van der Waals surface area contributed by atoms with Gasteiger partial charge in [-0.3, -0.25) is 9.69 Å². The number of carbonyl (C=O) groups is 3. The number of ether oxygens (including phenoxy) is 3. The van der Waals surface area contributed by atoms with Gasteiger partial charge in [-0.2, -0.15) is 0 Å². The summed E-state index contributed by atoms with van der Waals surface area (Å²) in [7, 11) is 2.54. The highest BCUT2D eigenvalue weighted by molar-refractivity contribution is 5.84. The smallest absolute Gasteiger partial charge is 0.416 e. The highest BCUT2D eigenvalue weighted by atomic mass is 16.6. The third kappa shape index (κ3) is 2.24. The molecule has 126 valence electrons. The molecule has 8 heteroatoms. The van der Waals surface area contributed by atoms with E-state index in [0.29, 0.717) is 12.8 Å². The van der Waals surface area contributed by atoms with Gasteiger partial charge >= 0.3 is 18.2 Å². The number of rotatable bonds is 0. The minimum Gasteiger partial charge on any atom is -0.452 e. The van der Waals surface area contributed by atoms with Crippen LogP contribution in [-0.2, 0) is 19.0 Å². The molecule has 1 spiro atoms. The summed E-state index contributed by atoms with van der Waals surface area (Å²) in [6.45, 7) is 0. The van der Waals surface area contributed by atoms with E-state index in [1.807, 2.05) is 0 Å². The summed E-state index contributed by atoms with van der Waals surface area (Å²) in [4.78, 5) is 39.3. The van der Waals surface area contributed by atoms with Crippen LogP contribution in [0.2, 0.25) is 0 Å². The lowest BCUT2D eigenvalue weighted by Crippen LogP contribution is -2.58. The number of nitrogens with zero attached hydrogens (tertiary/aromatic N) is 2. The molecule has 8 nitrogen and oxygen atoms in total. The highest BCUT2D eigenvalue weighted by Gasteiger charge is 2.63. The lowest BCUT2D eigenvalue weighted by atomic mass is 9.69. The fourth-order valence-electron chi connectivity index (χ4n) is 3.85. The van der Waals surface area contributed by atoms with E-state index < -0.39 is 29.9 Å². The van der Waals surface area contributed by atoms with Gasteiger partial charge in [-0.05, 0) is 12.8 Å². The molecular weight excluding hydrogens is 304 g/mol. The number of methoxy groups -OCH3 is 2. The lowest BCUT2D eigenvalue weighted by molar-refractivity contribution is -0.153. The average molecular weight is 324 g/mol. The van der Waals surface area contributed by atoms with Gasteiger partial charge in [0.15, 0.2) is 0 Å². The van der Waals surface area contributed by atoms with Crippen LogP contribution in [0.25, 0.3) is 0 Å². The van der Waals surface area contributed by atoms with Crippen LogP contribution in [0.1, 0.15) is 32.1 Å². The van der Waals surface area contributed by atoms with Crippen LogP contribution >= 0.6 is 0 Å². The molecule has 2 atom stereocenters. The van der Waals surface area contributed by atoms with Gasteiger partial charge in [0.1, 0.15) is 6.04 Å². The summed E-state index contributed by atoms with van der Waals surface area (Å²) >= 11 is 0.